The van der Waals surface area contributed by atoms with Crippen LogP contribution in [0, 0.1) is 0 Å². The molecule has 0 aliphatic carbocycles. The van der Waals surface area contributed by atoms with E-state index in [0.717, 1.165) is 84.1 Å². The quantitative estimate of drug-likeness (QED) is 0.135. The highest BCUT2D eigenvalue weighted by Crippen LogP contribution is 2.59. The molecule has 1 atom stereocenters. The van der Waals surface area contributed by atoms with E-state index in [0.29, 0.717) is 0 Å². The Bertz CT molecular complexity index is 5080. The molecule has 0 amide bonds. The molecular formula is C87H70O4P4. The maximum Gasteiger partial charge on any atom is 0.144 e. The number of fused-ring (bicyclic) bond motifs is 8. The van der Waals surface area contributed by atoms with Crippen LogP contribution in [-0.4, -0.2) is 0 Å². The van der Waals surface area contributed by atoms with Crippen molar-refractivity contribution in [3.63, 3.8) is 0 Å². The van der Waals surface area contributed by atoms with Crippen molar-refractivity contribution in [1.29, 1.82) is 0 Å². The summed E-state index contributed by atoms with van der Waals surface area (Å²) >= 11 is 0. The van der Waals surface area contributed by atoms with E-state index in [1.807, 2.05) is 0 Å². The molecule has 0 saturated carbocycles. The summed E-state index contributed by atoms with van der Waals surface area (Å²) in [6.07, 6.45) is 0. The number of benzene rings is 13. The van der Waals surface area contributed by atoms with E-state index in [2.05, 4.69) is 334 Å². The Morgan fingerprint density at radius 2 is 0.737 bits per heavy atom. The van der Waals surface area contributed by atoms with Crippen molar-refractivity contribution in [2.24, 2.45) is 0 Å². The largest absolute Gasteiger partial charge is 0.456 e. The molecule has 0 radical (unpaired) electrons. The first-order valence-electron chi connectivity index (χ1n) is 32.8. The van der Waals surface area contributed by atoms with Gasteiger partial charge in [-0.25, -0.2) is 0 Å². The van der Waals surface area contributed by atoms with Gasteiger partial charge in [-0.1, -0.05) is 286 Å². The molecule has 4 heterocycles. The Labute approximate surface area is 562 Å². The fourth-order valence-electron chi connectivity index (χ4n) is 14.4. The first-order valence-corrected chi connectivity index (χ1v) is 38.2. The Balaban J connectivity index is 0.889. The normalized spacial score (nSPS) is 14.8. The van der Waals surface area contributed by atoms with Gasteiger partial charge in [0.25, 0.3) is 0 Å². The van der Waals surface area contributed by atoms with Crippen LogP contribution in [-0.2, 0) is 16.2 Å². The van der Waals surface area contributed by atoms with Gasteiger partial charge in [0.1, 0.15) is 46.0 Å². The second-order valence-corrected chi connectivity index (χ2v) is 36.3. The summed E-state index contributed by atoms with van der Waals surface area (Å²) in [6.45, 7) is 18.9. The van der Waals surface area contributed by atoms with Crippen LogP contribution >= 0.6 is 31.7 Å². The maximum atomic E-state index is 8.02. The van der Waals surface area contributed by atoms with Gasteiger partial charge < -0.3 is 18.9 Å². The highest BCUT2D eigenvalue weighted by Gasteiger charge is 2.45. The first kappa shape index (κ1) is 59.8. The number of ether oxygens (including phenoxy) is 4. The summed E-state index contributed by atoms with van der Waals surface area (Å²) in [7, 11) is -4.71. The Hall–Kier alpha value is -8.96. The SMILES string of the molecule is CC(C)(C)c1cc(P2c3ccccc3Oc3ccccc32)c2c(c1)C(C)(C)c1cc(C(C)(C)C)cc(P3c4ccccc4Oc4cc(-c5cc6cccc7c6c(c5P(c5ccccc5)c5ccccc5)Oc5c-7cccc5P(c5ccccc5)c5ccccc5)ccc43)c1O2. The second kappa shape index (κ2) is 23.2. The predicted octanol–water partition coefficient (Wildman–Crippen LogP) is 18.6. The Morgan fingerprint density at radius 1 is 0.316 bits per heavy atom. The smallest absolute Gasteiger partial charge is 0.144 e. The molecular weight excluding hydrogens is 1230 g/mol. The lowest BCUT2D eigenvalue weighted by atomic mass is 9.72. The van der Waals surface area contributed by atoms with Crippen LogP contribution < -0.4 is 82.6 Å². The molecule has 462 valence electrons. The summed E-state index contributed by atoms with van der Waals surface area (Å²) in [6, 6.07) is 103. The van der Waals surface area contributed by atoms with E-state index in [9.17, 15) is 0 Å². The molecule has 17 rings (SSSR count). The molecule has 8 heteroatoms. The Morgan fingerprint density at radius 3 is 1.23 bits per heavy atom. The molecule has 0 saturated heterocycles. The zero-order valence-corrected chi connectivity index (χ0v) is 58.1. The van der Waals surface area contributed by atoms with Gasteiger partial charge in [0.2, 0.25) is 0 Å². The zero-order chi connectivity index (χ0) is 64.5. The molecule has 0 spiro atoms. The van der Waals surface area contributed by atoms with Crippen LogP contribution in [0.25, 0.3) is 33.0 Å². The monoisotopic (exact) mass is 1300 g/mol. The lowest BCUT2D eigenvalue weighted by Gasteiger charge is -2.41. The molecule has 4 aliphatic rings. The average molecular weight is 1300 g/mol. The van der Waals surface area contributed by atoms with Gasteiger partial charge in [-0.3, -0.25) is 0 Å². The van der Waals surface area contributed by atoms with Crippen LogP contribution in [0.4, 0.5) is 0 Å². The highest BCUT2D eigenvalue weighted by molar-refractivity contribution is 7.81. The number of rotatable bonds is 9. The summed E-state index contributed by atoms with van der Waals surface area (Å²) in [5.74, 6) is 7.20. The summed E-state index contributed by atoms with van der Waals surface area (Å²) in [5, 5.41) is 16.7. The fraction of sp³-hybridized carbons (Fsp3) is 0.126. The third kappa shape index (κ3) is 10.1. The van der Waals surface area contributed by atoms with Crippen LogP contribution in [0.5, 0.6) is 46.0 Å². The topological polar surface area (TPSA) is 36.9 Å². The van der Waals surface area contributed by atoms with Gasteiger partial charge in [-0.15, -0.1) is 0 Å². The summed E-state index contributed by atoms with van der Waals surface area (Å²) < 4.78 is 30.1. The summed E-state index contributed by atoms with van der Waals surface area (Å²) in [5.41, 5.74) is 8.61. The van der Waals surface area contributed by atoms with E-state index in [-0.39, 0.29) is 10.8 Å². The fourth-order valence-corrected chi connectivity index (χ4v) is 24.5. The van der Waals surface area contributed by atoms with Gasteiger partial charge in [0, 0.05) is 69.9 Å². The van der Waals surface area contributed by atoms with Gasteiger partial charge >= 0.3 is 0 Å². The Kier molecular flexibility index (Phi) is 14.6. The van der Waals surface area contributed by atoms with Crippen molar-refractivity contribution in [1.82, 2.24) is 0 Å². The minimum atomic E-state index is -1.31. The molecule has 13 aromatic carbocycles. The van der Waals surface area contributed by atoms with Crippen molar-refractivity contribution in [2.45, 2.75) is 71.6 Å². The van der Waals surface area contributed by atoms with Crippen molar-refractivity contribution in [2.75, 3.05) is 0 Å². The van der Waals surface area contributed by atoms with E-state index >= 15 is 0 Å². The van der Waals surface area contributed by atoms with Crippen LogP contribution in [0.3, 0.4) is 0 Å². The molecule has 13 aromatic rings. The number of para-hydroxylation sites is 4. The van der Waals surface area contributed by atoms with Gasteiger partial charge in [-0.2, -0.15) is 0 Å². The number of hydrogen-bond donors (Lipinski definition) is 0. The molecule has 0 bridgehead atoms. The minimum Gasteiger partial charge on any atom is -0.456 e. The van der Waals surface area contributed by atoms with Gasteiger partial charge in [-0.05, 0) is 145 Å². The van der Waals surface area contributed by atoms with E-state index in [1.165, 1.54) is 80.9 Å². The third-order valence-electron chi connectivity index (χ3n) is 19.3. The molecule has 1 unspecified atom stereocenters. The van der Waals surface area contributed by atoms with Crippen molar-refractivity contribution in [3.05, 3.63) is 301 Å². The molecule has 0 aromatic heterocycles. The van der Waals surface area contributed by atoms with Crippen molar-refractivity contribution < 1.29 is 18.9 Å². The molecule has 0 fully saturated rings. The van der Waals surface area contributed by atoms with E-state index in [4.69, 9.17) is 18.9 Å². The zero-order valence-electron chi connectivity index (χ0n) is 54.5. The standard InChI is InChI=1S/C87H70O4P4/c1-85(2,3)57-51-66-81(77(53-57)94-72-43-24-21-40-68(72)88-69-41-22-25-44-73(69)94)91-82-67(87(66,7)8)52-58(86(4,5)6)54-78(82)95-74-45-26-23-42-70(74)89-71-50-55(47-48-75(71)95)65-49-56-29-27-38-63-64-39-28-46-76(92(59-30-13-9-14-31-59)60-32-15-10-16-33-60)80(64)90-83(79(56)63)84(65)93(61-34-17-11-18-35-61)62-36-19-12-20-37-62/h9-54H,1-8H3. The lowest BCUT2D eigenvalue weighted by Crippen LogP contribution is -2.36. The minimum absolute atomic E-state index is 0.146. The van der Waals surface area contributed by atoms with Crippen LogP contribution in [0.1, 0.15) is 77.6 Å². The maximum absolute atomic E-state index is 8.02. The van der Waals surface area contributed by atoms with Crippen molar-refractivity contribution >= 4 is 106 Å². The van der Waals surface area contributed by atoms with Crippen molar-refractivity contribution in [3.8, 4) is 68.2 Å². The molecule has 4 aliphatic heterocycles. The van der Waals surface area contributed by atoms with Gasteiger partial charge in [0.15, 0.2) is 0 Å². The number of hydrogen-bond acceptors (Lipinski definition) is 4. The molecule has 95 heavy (non-hydrogen) atoms. The van der Waals surface area contributed by atoms with Gasteiger partial charge in [0.05, 0.1) is 0 Å². The van der Waals surface area contributed by atoms with E-state index in [1.54, 1.807) is 0 Å². The lowest BCUT2D eigenvalue weighted by molar-refractivity contribution is 0.421. The molecule has 0 N–H and O–H groups in total. The van der Waals surface area contributed by atoms with Crippen LogP contribution in [0.2, 0.25) is 0 Å². The first-order chi connectivity index (χ1) is 46.2. The second-order valence-electron chi connectivity index (χ2n) is 27.7. The predicted molar refractivity (Wildman–Crippen MR) is 406 cm³/mol. The van der Waals surface area contributed by atoms with Crippen LogP contribution in [0.15, 0.2) is 279 Å². The van der Waals surface area contributed by atoms with E-state index < -0.39 is 37.1 Å². The molecule has 4 nitrogen and oxygen atoms in total. The average Bonchev–Trinajstić information content (AvgIpc) is 0.717. The highest BCUT2D eigenvalue weighted by atomic mass is 31.1. The third-order valence-corrected chi connectivity index (χ3v) is 29.3. The summed E-state index contributed by atoms with van der Waals surface area (Å²) in [4.78, 5) is 0.